The van der Waals surface area contributed by atoms with Crippen LogP contribution in [0.2, 0.25) is 0 Å². The van der Waals surface area contributed by atoms with Crippen molar-refractivity contribution in [2.75, 3.05) is 11.9 Å². The molecule has 1 atom stereocenters. The Labute approximate surface area is 84.5 Å². The number of anilines is 1. The monoisotopic (exact) mass is 214 g/mol. The smallest absolute Gasteiger partial charge is 0.371 e. The average Bonchev–Trinajstić information content (AvgIpc) is 2.62. The predicted molar refractivity (Wildman–Crippen MR) is 49.4 cm³/mol. The number of aliphatic hydroxyl groups is 1. The molecule has 7 nitrogen and oxygen atoms in total. The van der Waals surface area contributed by atoms with Crippen molar-refractivity contribution in [3.8, 4) is 0 Å². The van der Waals surface area contributed by atoms with Crippen molar-refractivity contribution in [2.45, 2.75) is 6.10 Å². The van der Waals surface area contributed by atoms with Crippen molar-refractivity contribution >= 4 is 17.8 Å². The van der Waals surface area contributed by atoms with Gasteiger partial charge in [0.15, 0.2) is 5.88 Å². The fourth-order valence-corrected chi connectivity index (χ4v) is 0.846. The SMILES string of the molecule is NC(=O)C(O)CNc1ccc(C(=O)O)o1. The Bertz CT molecular complexity index is 373. The summed E-state index contributed by atoms with van der Waals surface area (Å²) in [6.45, 7) is -0.137. The van der Waals surface area contributed by atoms with E-state index in [1.165, 1.54) is 12.1 Å². The number of amides is 1. The van der Waals surface area contributed by atoms with Crippen LogP contribution in [0.25, 0.3) is 0 Å². The van der Waals surface area contributed by atoms with Gasteiger partial charge in [0, 0.05) is 6.07 Å². The lowest BCUT2D eigenvalue weighted by Gasteiger charge is -2.06. The second-order valence-corrected chi connectivity index (χ2v) is 2.77. The maximum atomic E-state index is 10.4. The van der Waals surface area contributed by atoms with Crippen molar-refractivity contribution in [3.05, 3.63) is 17.9 Å². The first-order valence-corrected chi connectivity index (χ1v) is 4.05. The van der Waals surface area contributed by atoms with Crippen molar-refractivity contribution in [2.24, 2.45) is 5.73 Å². The van der Waals surface area contributed by atoms with Crippen molar-refractivity contribution < 1.29 is 24.2 Å². The van der Waals surface area contributed by atoms with Crippen LogP contribution in [0.1, 0.15) is 10.6 Å². The minimum atomic E-state index is -1.34. The molecule has 0 aliphatic rings. The molecule has 1 rings (SSSR count). The van der Waals surface area contributed by atoms with E-state index in [1.54, 1.807) is 0 Å². The summed E-state index contributed by atoms with van der Waals surface area (Å²) in [6, 6.07) is 2.62. The van der Waals surface area contributed by atoms with Gasteiger partial charge in [-0.05, 0) is 6.07 Å². The molecular weight excluding hydrogens is 204 g/mol. The molecule has 0 saturated heterocycles. The molecular formula is C8H10N2O5. The minimum Gasteiger partial charge on any atom is -0.475 e. The lowest BCUT2D eigenvalue weighted by molar-refractivity contribution is -0.125. The highest BCUT2D eigenvalue weighted by Gasteiger charge is 2.12. The third-order valence-corrected chi connectivity index (χ3v) is 1.61. The number of aliphatic hydroxyl groups excluding tert-OH is 1. The molecule has 1 aromatic heterocycles. The molecule has 5 N–H and O–H groups in total. The summed E-state index contributed by atoms with van der Waals surface area (Å²) >= 11 is 0. The molecule has 82 valence electrons. The maximum Gasteiger partial charge on any atom is 0.371 e. The van der Waals surface area contributed by atoms with Gasteiger partial charge in [0.25, 0.3) is 0 Å². The first-order chi connectivity index (χ1) is 7.00. The summed E-state index contributed by atoms with van der Waals surface area (Å²) in [7, 11) is 0. The fourth-order valence-electron chi connectivity index (χ4n) is 0.846. The Kier molecular flexibility index (Phi) is 3.29. The van der Waals surface area contributed by atoms with Crippen LogP contribution in [0.3, 0.4) is 0 Å². The molecule has 0 aliphatic carbocycles. The zero-order chi connectivity index (χ0) is 11.4. The highest BCUT2D eigenvalue weighted by atomic mass is 16.4. The number of aromatic carboxylic acids is 1. The van der Waals surface area contributed by atoms with E-state index in [9.17, 15) is 9.59 Å². The second-order valence-electron chi connectivity index (χ2n) is 2.77. The van der Waals surface area contributed by atoms with E-state index in [1.807, 2.05) is 0 Å². The number of hydrogen-bond acceptors (Lipinski definition) is 5. The first kappa shape index (κ1) is 11.1. The van der Waals surface area contributed by atoms with Crippen molar-refractivity contribution in [3.63, 3.8) is 0 Å². The molecule has 7 heteroatoms. The van der Waals surface area contributed by atoms with Crippen LogP contribution < -0.4 is 11.1 Å². The number of carboxylic acids is 1. The van der Waals surface area contributed by atoms with Crippen LogP contribution in [-0.2, 0) is 4.79 Å². The summed E-state index contributed by atoms with van der Waals surface area (Å²) in [5.74, 6) is -2.15. The van der Waals surface area contributed by atoms with E-state index >= 15 is 0 Å². The van der Waals surface area contributed by atoms with Crippen LogP contribution in [0, 0.1) is 0 Å². The molecule has 1 amide bonds. The van der Waals surface area contributed by atoms with Gasteiger partial charge in [0.2, 0.25) is 11.7 Å². The zero-order valence-corrected chi connectivity index (χ0v) is 7.64. The summed E-state index contributed by atoms with van der Waals surface area (Å²) < 4.78 is 4.80. The number of primary amides is 1. The molecule has 0 saturated carbocycles. The summed E-state index contributed by atoms with van der Waals surface area (Å²) in [5.41, 5.74) is 4.80. The molecule has 1 aromatic rings. The number of rotatable bonds is 5. The molecule has 0 bridgehead atoms. The van der Waals surface area contributed by atoms with Crippen LogP contribution in [0.4, 0.5) is 5.88 Å². The van der Waals surface area contributed by atoms with E-state index in [0.717, 1.165) is 0 Å². The number of furan rings is 1. The molecule has 0 aromatic carbocycles. The Hall–Kier alpha value is -2.02. The number of carboxylic acid groups (broad SMARTS) is 1. The third-order valence-electron chi connectivity index (χ3n) is 1.61. The van der Waals surface area contributed by atoms with Gasteiger partial charge in [-0.3, -0.25) is 4.79 Å². The third kappa shape index (κ3) is 2.99. The number of nitrogens with one attached hydrogen (secondary N) is 1. The molecule has 1 heterocycles. The van der Waals surface area contributed by atoms with Crippen LogP contribution in [-0.4, -0.2) is 34.7 Å². The van der Waals surface area contributed by atoms with E-state index in [-0.39, 0.29) is 18.2 Å². The topological polar surface area (TPSA) is 126 Å². The van der Waals surface area contributed by atoms with Crippen molar-refractivity contribution in [1.29, 1.82) is 0 Å². The first-order valence-electron chi connectivity index (χ1n) is 4.05. The van der Waals surface area contributed by atoms with E-state index in [0.29, 0.717) is 0 Å². The molecule has 15 heavy (non-hydrogen) atoms. The van der Waals surface area contributed by atoms with Gasteiger partial charge < -0.3 is 25.7 Å². The van der Waals surface area contributed by atoms with E-state index in [2.05, 4.69) is 5.32 Å². The lowest BCUT2D eigenvalue weighted by atomic mass is 10.3. The summed E-state index contributed by atoms with van der Waals surface area (Å²) in [6.07, 6.45) is -1.34. The molecule has 0 fully saturated rings. The Balaban J connectivity index is 2.51. The Morgan fingerprint density at radius 1 is 1.53 bits per heavy atom. The largest absolute Gasteiger partial charge is 0.475 e. The molecule has 0 aliphatic heterocycles. The molecule has 0 radical (unpaired) electrons. The average molecular weight is 214 g/mol. The highest BCUT2D eigenvalue weighted by molar-refractivity contribution is 5.84. The van der Waals surface area contributed by atoms with Gasteiger partial charge >= 0.3 is 5.97 Å². The maximum absolute atomic E-state index is 10.4. The number of carbonyl (C=O) groups is 2. The van der Waals surface area contributed by atoms with Crippen LogP contribution >= 0.6 is 0 Å². The summed E-state index contributed by atoms with van der Waals surface area (Å²) in [5, 5.41) is 20.0. The van der Waals surface area contributed by atoms with Crippen molar-refractivity contribution in [1.82, 2.24) is 0 Å². The van der Waals surface area contributed by atoms with Gasteiger partial charge in [-0.25, -0.2) is 4.79 Å². The molecule has 0 spiro atoms. The normalized spacial score (nSPS) is 12.1. The van der Waals surface area contributed by atoms with Gasteiger partial charge in [0.05, 0.1) is 6.54 Å². The van der Waals surface area contributed by atoms with Crippen LogP contribution in [0.15, 0.2) is 16.5 Å². The van der Waals surface area contributed by atoms with Gasteiger partial charge in [-0.15, -0.1) is 0 Å². The fraction of sp³-hybridized carbons (Fsp3) is 0.250. The molecule has 1 unspecified atom stereocenters. The highest BCUT2D eigenvalue weighted by Crippen LogP contribution is 2.12. The number of nitrogens with two attached hydrogens (primary N) is 1. The van der Waals surface area contributed by atoms with Gasteiger partial charge in [-0.1, -0.05) is 0 Å². The quantitative estimate of drug-likeness (QED) is 0.510. The predicted octanol–water partition coefficient (Wildman–Crippen LogP) is -0.764. The van der Waals surface area contributed by atoms with E-state index < -0.39 is 18.0 Å². The van der Waals surface area contributed by atoms with Crippen LogP contribution in [0.5, 0.6) is 0 Å². The zero-order valence-electron chi connectivity index (χ0n) is 7.64. The van der Waals surface area contributed by atoms with Gasteiger partial charge in [0.1, 0.15) is 6.10 Å². The lowest BCUT2D eigenvalue weighted by Crippen LogP contribution is -2.34. The minimum absolute atomic E-state index is 0.137. The Morgan fingerprint density at radius 2 is 2.20 bits per heavy atom. The summed E-state index contributed by atoms with van der Waals surface area (Å²) in [4.78, 5) is 20.9. The van der Waals surface area contributed by atoms with E-state index in [4.69, 9.17) is 20.4 Å². The standard InChI is InChI=1S/C8H10N2O5/c9-7(12)4(11)3-10-6-2-1-5(15-6)8(13)14/h1-2,4,10-11H,3H2,(H2,9,12)(H,13,14). The van der Waals surface area contributed by atoms with Gasteiger partial charge in [-0.2, -0.15) is 0 Å². The number of hydrogen-bond donors (Lipinski definition) is 4. The Morgan fingerprint density at radius 3 is 2.67 bits per heavy atom. The second kappa shape index (κ2) is 4.47. The number of carbonyl (C=O) groups excluding carboxylic acids is 1.